The van der Waals surface area contributed by atoms with Crippen LogP contribution in [0.4, 0.5) is 0 Å². The first-order valence-corrected chi connectivity index (χ1v) is 9.24. The molecule has 1 atom stereocenters. The van der Waals surface area contributed by atoms with E-state index in [1.807, 2.05) is 42.5 Å². The lowest BCUT2D eigenvalue weighted by molar-refractivity contribution is -0.141. The van der Waals surface area contributed by atoms with Gasteiger partial charge < -0.3 is 15.0 Å². The molecule has 2 rings (SSSR count). The van der Waals surface area contributed by atoms with Gasteiger partial charge in [0.1, 0.15) is 11.8 Å². The molecular formula is C20H23BrN2O3. The topological polar surface area (TPSA) is 58.6 Å². The molecule has 2 amide bonds. The number of nitrogens with zero attached hydrogens (tertiary/aromatic N) is 1. The van der Waals surface area contributed by atoms with Crippen LogP contribution in [-0.2, 0) is 16.0 Å². The van der Waals surface area contributed by atoms with Crippen molar-refractivity contribution in [1.29, 1.82) is 0 Å². The summed E-state index contributed by atoms with van der Waals surface area (Å²) < 4.78 is 6.51. The van der Waals surface area contributed by atoms with Crippen molar-refractivity contribution in [2.24, 2.45) is 0 Å². The summed E-state index contributed by atoms with van der Waals surface area (Å²) in [7, 11) is 1.57. The Bertz CT molecular complexity index is 720. The van der Waals surface area contributed by atoms with E-state index in [0.29, 0.717) is 18.7 Å². The number of ether oxygens (including phenoxy) is 1. The molecule has 0 spiro atoms. The van der Waals surface area contributed by atoms with Crippen LogP contribution in [0.25, 0.3) is 0 Å². The summed E-state index contributed by atoms with van der Waals surface area (Å²) in [5.41, 5.74) is 1.11. The summed E-state index contributed by atoms with van der Waals surface area (Å²) in [6.45, 7) is 2.06. The summed E-state index contributed by atoms with van der Waals surface area (Å²) in [6, 6.07) is 16.6. The van der Waals surface area contributed by atoms with Crippen molar-refractivity contribution in [3.8, 4) is 5.75 Å². The highest BCUT2D eigenvalue weighted by atomic mass is 79.9. The average molecular weight is 419 g/mol. The summed E-state index contributed by atoms with van der Waals surface area (Å²) in [5.74, 6) is 0.187. The van der Waals surface area contributed by atoms with Crippen molar-refractivity contribution in [3.05, 3.63) is 64.6 Å². The summed E-state index contributed by atoms with van der Waals surface area (Å²) >= 11 is 3.36. The van der Waals surface area contributed by atoms with Gasteiger partial charge in [0.2, 0.25) is 5.91 Å². The lowest BCUT2D eigenvalue weighted by atomic mass is 10.1. The van der Waals surface area contributed by atoms with Crippen LogP contribution >= 0.6 is 15.9 Å². The monoisotopic (exact) mass is 418 g/mol. The van der Waals surface area contributed by atoms with Crippen LogP contribution in [0.3, 0.4) is 0 Å². The highest BCUT2D eigenvalue weighted by Gasteiger charge is 2.25. The Hall–Kier alpha value is -2.34. The second-order valence-electron chi connectivity index (χ2n) is 5.86. The first kappa shape index (κ1) is 20.0. The lowest BCUT2D eigenvalue weighted by Gasteiger charge is -2.28. The maximum absolute atomic E-state index is 12.7. The highest BCUT2D eigenvalue weighted by molar-refractivity contribution is 9.10. The molecule has 2 aromatic carbocycles. The molecule has 0 bridgehead atoms. The summed E-state index contributed by atoms with van der Waals surface area (Å²) in [4.78, 5) is 26.3. The first-order chi connectivity index (χ1) is 12.5. The van der Waals surface area contributed by atoms with E-state index in [1.165, 1.54) is 0 Å². The fourth-order valence-electron chi connectivity index (χ4n) is 2.54. The number of halogens is 1. The average Bonchev–Trinajstić information content (AvgIpc) is 2.67. The van der Waals surface area contributed by atoms with E-state index < -0.39 is 6.04 Å². The molecule has 0 heterocycles. The molecule has 0 aliphatic heterocycles. The van der Waals surface area contributed by atoms with Crippen molar-refractivity contribution in [3.63, 3.8) is 0 Å². The molecule has 0 fully saturated rings. The molecule has 138 valence electrons. The van der Waals surface area contributed by atoms with E-state index >= 15 is 0 Å². The molecule has 0 aromatic heterocycles. The highest BCUT2D eigenvalue weighted by Crippen LogP contribution is 2.16. The summed E-state index contributed by atoms with van der Waals surface area (Å²) in [5, 5.41) is 2.60. The largest absolute Gasteiger partial charge is 0.484 e. The Morgan fingerprint density at radius 3 is 2.38 bits per heavy atom. The quantitative estimate of drug-likeness (QED) is 0.716. The van der Waals surface area contributed by atoms with Gasteiger partial charge >= 0.3 is 0 Å². The minimum absolute atomic E-state index is 0.113. The number of rotatable bonds is 8. The van der Waals surface area contributed by atoms with Crippen LogP contribution in [0.15, 0.2) is 59.1 Å². The van der Waals surface area contributed by atoms with Gasteiger partial charge in [-0.1, -0.05) is 46.3 Å². The number of benzene rings is 2. The normalized spacial score (nSPS) is 11.5. The van der Waals surface area contributed by atoms with E-state index in [0.717, 1.165) is 10.0 Å². The minimum Gasteiger partial charge on any atom is -0.484 e. The smallest absolute Gasteiger partial charge is 0.261 e. The van der Waals surface area contributed by atoms with Crippen LogP contribution in [0.2, 0.25) is 0 Å². The van der Waals surface area contributed by atoms with Gasteiger partial charge in [0, 0.05) is 18.1 Å². The maximum atomic E-state index is 12.7. The fraction of sp³-hybridized carbons (Fsp3) is 0.300. The molecule has 6 heteroatoms. The zero-order valence-corrected chi connectivity index (χ0v) is 16.5. The van der Waals surface area contributed by atoms with Gasteiger partial charge in [0.25, 0.3) is 5.91 Å². The van der Waals surface area contributed by atoms with Gasteiger partial charge in [-0.05, 0) is 43.2 Å². The molecule has 0 saturated carbocycles. The van der Waals surface area contributed by atoms with Crippen molar-refractivity contribution < 1.29 is 14.3 Å². The Balaban J connectivity index is 2.02. The van der Waals surface area contributed by atoms with Gasteiger partial charge in [-0.15, -0.1) is 0 Å². The van der Waals surface area contributed by atoms with Gasteiger partial charge in [0.05, 0.1) is 0 Å². The van der Waals surface area contributed by atoms with Gasteiger partial charge in [-0.3, -0.25) is 9.59 Å². The van der Waals surface area contributed by atoms with E-state index in [4.69, 9.17) is 4.74 Å². The van der Waals surface area contributed by atoms with Gasteiger partial charge in [-0.25, -0.2) is 0 Å². The molecule has 2 aromatic rings. The lowest BCUT2D eigenvalue weighted by Crippen LogP contribution is -2.49. The Morgan fingerprint density at radius 1 is 1.12 bits per heavy atom. The van der Waals surface area contributed by atoms with E-state index in [1.54, 1.807) is 31.0 Å². The molecule has 0 aliphatic rings. The fourth-order valence-corrected chi connectivity index (χ4v) is 2.80. The van der Waals surface area contributed by atoms with Crippen molar-refractivity contribution in [2.75, 3.05) is 20.2 Å². The van der Waals surface area contributed by atoms with Crippen molar-refractivity contribution >= 4 is 27.7 Å². The third kappa shape index (κ3) is 5.88. The minimum atomic E-state index is -0.565. The molecule has 0 aliphatic carbocycles. The number of hydrogen-bond donors (Lipinski definition) is 1. The zero-order valence-electron chi connectivity index (χ0n) is 14.9. The molecule has 0 radical (unpaired) electrons. The van der Waals surface area contributed by atoms with E-state index in [2.05, 4.69) is 21.2 Å². The molecule has 0 saturated heterocycles. The third-order valence-corrected chi connectivity index (χ3v) is 4.60. The van der Waals surface area contributed by atoms with Crippen LogP contribution < -0.4 is 10.1 Å². The van der Waals surface area contributed by atoms with Crippen LogP contribution in [0, 0.1) is 0 Å². The molecule has 5 nitrogen and oxygen atoms in total. The number of carbonyl (C=O) groups excluding carboxylic acids is 2. The Labute approximate surface area is 162 Å². The Morgan fingerprint density at radius 2 is 1.77 bits per heavy atom. The van der Waals surface area contributed by atoms with Gasteiger partial charge in [0.15, 0.2) is 6.61 Å². The predicted molar refractivity (Wildman–Crippen MR) is 105 cm³/mol. The molecule has 26 heavy (non-hydrogen) atoms. The SMILES string of the molecule is CNC(=O)[C@H](C)N(CCc1ccccc1)C(=O)COc1ccc(Br)cc1. The number of nitrogens with one attached hydrogen (secondary N) is 1. The number of amides is 2. The summed E-state index contributed by atoms with van der Waals surface area (Å²) in [6.07, 6.45) is 0.673. The standard InChI is InChI=1S/C20H23BrN2O3/c1-15(20(25)22-2)23(13-12-16-6-4-3-5-7-16)19(24)14-26-18-10-8-17(21)9-11-18/h3-11,15H,12-14H2,1-2H3,(H,22,25)/t15-/m0/s1. The molecule has 1 N–H and O–H groups in total. The number of hydrogen-bond acceptors (Lipinski definition) is 3. The Kier molecular flexibility index (Phi) is 7.66. The van der Waals surface area contributed by atoms with Gasteiger partial charge in [-0.2, -0.15) is 0 Å². The zero-order chi connectivity index (χ0) is 18.9. The second kappa shape index (κ2) is 9.97. The third-order valence-electron chi connectivity index (χ3n) is 4.07. The number of likely N-dealkylation sites (N-methyl/N-ethyl adjacent to an activating group) is 1. The second-order valence-corrected chi connectivity index (χ2v) is 6.77. The first-order valence-electron chi connectivity index (χ1n) is 8.44. The molecule has 0 unspecified atom stereocenters. The van der Waals surface area contributed by atoms with Crippen molar-refractivity contribution in [2.45, 2.75) is 19.4 Å². The van der Waals surface area contributed by atoms with E-state index in [9.17, 15) is 9.59 Å². The van der Waals surface area contributed by atoms with E-state index in [-0.39, 0.29) is 18.4 Å². The van der Waals surface area contributed by atoms with Crippen LogP contribution in [0.1, 0.15) is 12.5 Å². The maximum Gasteiger partial charge on any atom is 0.261 e. The molecular weight excluding hydrogens is 396 g/mol. The van der Waals surface area contributed by atoms with Crippen molar-refractivity contribution in [1.82, 2.24) is 10.2 Å². The van der Waals surface area contributed by atoms with Crippen LogP contribution in [0.5, 0.6) is 5.75 Å². The predicted octanol–water partition coefficient (Wildman–Crippen LogP) is 3.03. The number of carbonyl (C=O) groups is 2. The van der Waals surface area contributed by atoms with Crippen LogP contribution in [-0.4, -0.2) is 43.0 Å².